The van der Waals surface area contributed by atoms with E-state index in [0.29, 0.717) is 31.9 Å². The van der Waals surface area contributed by atoms with Crippen LogP contribution in [0.1, 0.15) is 32.1 Å². The predicted octanol–water partition coefficient (Wildman–Crippen LogP) is 2.74. The van der Waals surface area contributed by atoms with Crippen molar-refractivity contribution < 1.29 is 18.7 Å². The Morgan fingerprint density at radius 1 is 0.971 bits per heavy atom. The van der Waals surface area contributed by atoms with Gasteiger partial charge in [-0.15, -0.1) is 10.2 Å². The molecule has 5 rings (SSSR count). The van der Waals surface area contributed by atoms with Crippen molar-refractivity contribution >= 4 is 17.6 Å². The monoisotopic (exact) mass is 481 g/mol. The summed E-state index contributed by atoms with van der Waals surface area (Å²) in [6, 6.07) is 9.99. The first-order chi connectivity index (χ1) is 17.1. The van der Waals surface area contributed by atoms with E-state index in [1.165, 1.54) is 12.1 Å². The van der Waals surface area contributed by atoms with Gasteiger partial charge >= 0.3 is 0 Å². The third-order valence-electron chi connectivity index (χ3n) is 6.98. The van der Waals surface area contributed by atoms with Crippen LogP contribution in [-0.4, -0.2) is 83.8 Å². The summed E-state index contributed by atoms with van der Waals surface area (Å²) in [5.41, 5.74) is 1.50. The number of benzene rings is 1. The van der Waals surface area contributed by atoms with Gasteiger partial charge in [-0.3, -0.25) is 9.59 Å². The van der Waals surface area contributed by atoms with E-state index >= 15 is 0 Å². The summed E-state index contributed by atoms with van der Waals surface area (Å²) in [5, 5.41) is 8.70. The average Bonchev–Trinajstić information content (AvgIpc) is 3.65. The van der Waals surface area contributed by atoms with Gasteiger partial charge in [-0.1, -0.05) is 0 Å². The van der Waals surface area contributed by atoms with Crippen LogP contribution in [0.25, 0.3) is 11.3 Å². The lowest BCUT2D eigenvalue weighted by Crippen LogP contribution is -2.47. The molecule has 8 nitrogen and oxygen atoms in total. The highest BCUT2D eigenvalue weighted by molar-refractivity contribution is 5.87. The Hall–Kier alpha value is -3.07. The zero-order chi connectivity index (χ0) is 24.2. The van der Waals surface area contributed by atoms with Crippen molar-refractivity contribution in [2.24, 2.45) is 5.92 Å². The van der Waals surface area contributed by atoms with Gasteiger partial charge in [0.25, 0.3) is 0 Å². The molecule has 2 aliphatic heterocycles. The number of nitrogens with zero attached hydrogens (tertiary/aromatic N) is 5. The zero-order valence-electron chi connectivity index (χ0n) is 19.9. The molecule has 0 spiro atoms. The SMILES string of the molecule is O=C(CN(CC1CCCO1)C(=O)C1CC1)N1CCCN(c2ccc(-c3ccc(F)cc3)nn2)CC1. The smallest absolute Gasteiger partial charge is 0.242 e. The molecule has 0 bridgehead atoms. The minimum absolute atomic E-state index is 0.00316. The number of ether oxygens (including phenoxy) is 1. The van der Waals surface area contributed by atoms with E-state index in [2.05, 4.69) is 15.1 Å². The van der Waals surface area contributed by atoms with Crippen molar-refractivity contribution in [3.8, 4) is 11.3 Å². The van der Waals surface area contributed by atoms with Crippen molar-refractivity contribution in [2.75, 3.05) is 50.8 Å². The molecule has 1 saturated carbocycles. The quantitative estimate of drug-likeness (QED) is 0.605. The molecule has 1 aromatic carbocycles. The fraction of sp³-hybridized carbons (Fsp3) is 0.538. The number of anilines is 1. The first-order valence-electron chi connectivity index (χ1n) is 12.6. The van der Waals surface area contributed by atoms with Crippen molar-refractivity contribution in [1.82, 2.24) is 20.0 Å². The Bertz CT molecular complexity index is 1020. The van der Waals surface area contributed by atoms with E-state index in [0.717, 1.165) is 56.6 Å². The number of carbonyl (C=O) groups is 2. The molecule has 2 saturated heterocycles. The Labute approximate surface area is 205 Å². The lowest BCUT2D eigenvalue weighted by Gasteiger charge is -2.28. The molecular weight excluding hydrogens is 449 g/mol. The Morgan fingerprint density at radius 3 is 2.49 bits per heavy atom. The lowest BCUT2D eigenvalue weighted by molar-refractivity contribution is -0.142. The standard InChI is InChI=1S/C26H32FN5O3/c27-21-8-6-19(7-9-21)23-10-11-24(29-28-23)30-12-2-13-31(15-14-30)25(33)18-32(26(34)20-4-5-20)17-22-3-1-16-35-22/h6-11,20,22H,1-5,12-18H2. The molecule has 1 unspecified atom stereocenters. The van der Waals surface area contributed by atoms with Gasteiger partial charge in [-0.25, -0.2) is 4.39 Å². The summed E-state index contributed by atoms with van der Waals surface area (Å²) in [6.45, 7) is 4.03. The first-order valence-corrected chi connectivity index (χ1v) is 12.6. The predicted molar refractivity (Wildman–Crippen MR) is 129 cm³/mol. The van der Waals surface area contributed by atoms with Gasteiger partial charge in [0.2, 0.25) is 11.8 Å². The highest BCUT2D eigenvalue weighted by atomic mass is 19.1. The maximum atomic E-state index is 13.2. The summed E-state index contributed by atoms with van der Waals surface area (Å²) in [4.78, 5) is 31.7. The van der Waals surface area contributed by atoms with Crippen LogP contribution in [0.15, 0.2) is 36.4 Å². The second-order valence-corrected chi connectivity index (χ2v) is 9.63. The minimum Gasteiger partial charge on any atom is -0.376 e. The maximum Gasteiger partial charge on any atom is 0.242 e. The van der Waals surface area contributed by atoms with Crippen molar-refractivity contribution in [1.29, 1.82) is 0 Å². The van der Waals surface area contributed by atoms with Crippen LogP contribution in [0.3, 0.4) is 0 Å². The first kappa shape index (κ1) is 23.7. The molecule has 1 atom stereocenters. The van der Waals surface area contributed by atoms with Gasteiger partial charge in [0.1, 0.15) is 5.82 Å². The van der Waals surface area contributed by atoms with Crippen molar-refractivity contribution in [2.45, 2.75) is 38.2 Å². The summed E-state index contributed by atoms with van der Waals surface area (Å²) in [6.07, 6.45) is 4.67. The minimum atomic E-state index is -0.283. The normalized spacial score (nSPS) is 20.5. The van der Waals surface area contributed by atoms with Gasteiger partial charge in [0.15, 0.2) is 5.82 Å². The largest absolute Gasteiger partial charge is 0.376 e. The second-order valence-electron chi connectivity index (χ2n) is 9.63. The van der Waals surface area contributed by atoms with Crippen LogP contribution < -0.4 is 4.90 Å². The highest BCUT2D eigenvalue weighted by Crippen LogP contribution is 2.31. The Kier molecular flexibility index (Phi) is 7.22. The van der Waals surface area contributed by atoms with Gasteiger partial charge in [-0.2, -0.15) is 0 Å². The van der Waals surface area contributed by atoms with E-state index in [4.69, 9.17) is 4.74 Å². The number of hydrogen-bond donors (Lipinski definition) is 0. The Balaban J connectivity index is 1.18. The van der Waals surface area contributed by atoms with E-state index < -0.39 is 0 Å². The molecule has 9 heteroatoms. The molecule has 0 radical (unpaired) electrons. The van der Waals surface area contributed by atoms with Crippen molar-refractivity contribution in [3.63, 3.8) is 0 Å². The van der Waals surface area contributed by atoms with Gasteiger partial charge in [0.05, 0.1) is 18.3 Å². The molecule has 1 aromatic heterocycles. The van der Waals surface area contributed by atoms with Gasteiger partial charge in [-0.05, 0) is 68.5 Å². The molecule has 35 heavy (non-hydrogen) atoms. The van der Waals surface area contributed by atoms with Crippen LogP contribution in [0.2, 0.25) is 0 Å². The fourth-order valence-electron chi connectivity index (χ4n) is 4.78. The summed E-state index contributed by atoms with van der Waals surface area (Å²) < 4.78 is 18.9. The van der Waals surface area contributed by atoms with Gasteiger partial charge < -0.3 is 19.4 Å². The molecule has 3 heterocycles. The van der Waals surface area contributed by atoms with E-state index in [9.17, 15) is 14.0 Å². The van der Waals surface area contributed by atoms with Gasteiger partial charge in [0, 0.05) is 50.8 Å². The molecule has 3 aliphatic rings. The van der Waals surface area contributed by atoms with Crippen molar-refractivity contribution in [3.05, 3.63) is 42.2 Å². The Morgan fingerprint density at radius 2 is 1.80 bits per heavy atom. The molecule has 186 valence electrons. The zero-order valence-corrected chi connectivity index (χ0v) is 19.9. The number of rotatable bonds is 7. The van der Waals surface area contributed by atoms with Crippen LogP contribution in [0, 0.1) is 11.7 Å². The van der Waals surface area contributed by atoms with E-state index in [1.807, 2.05) is 17.0 Å². The highest BCUT2D eigenvalue weighted by Gasteiger charge is 2.36. The number of halogens is 1. The number of carbonyl (C=O) groups excluding carboxylic acids is 2. The summed E-state index contributed by atoms with van der Waals surface area (Å²) in [5.74, 6) is 0.654. The number of hydrogen-bond acceptors (Lipinski definition) is 6. The van der Waals surface area contributed by atoms with Crippen LogP contribution >= 0.6 is 0 Å². The third-order valence-corrected chi connectivity index (χ3v) is 6.98. The molecule has 2 aromatic rings. The maximum absolute atomic E-state index is 13.2. The van der Waals surface area contributed by atoms with Crippen LogP contribution in [0.5, 0.6) is 0 Å². The molecular formula is C26H32FN5O3. The average molecular weight is 482 g/mol. The van der Waals surface area contributed by atoms with Crippen LogP contribution in [-0.2, 0) is 14.3 Å². The van der Waals surface area contributed by atoms with E-state index in [1.54, 1.807) is 17.0 Å². The second kappa shape index (κ2) is 10.7. The third kappa shape index (κ3) is 5.96. The number of amides is 2. The summed E-state index contributed by atoms with van der Waals surface area (Å²) in [7, 11) is 0. The molecule has 0 N–H and O–H groups in total. The van der Waals surface area contributed by atoms with E-state index in [-0.39, 0.29) is 36.2 Å². The fourth-order valence-corrected chi connectivity index (χ4v) is 4.78. The van der Waals surface area contributed by atoms with Crippen LogP contribution in [0.4, 0.5) is 10.2 Å². The topological polar surface area (TPSA) is 78.9 Å². The molecule has 3 fully saturated rings. The lowest BCUT2D eigenvalue weighted by atomic mass is 10.1. The number of aromatic nitrogens is 2. The summed E-state index contributed by atoms with van der Waals surface area (Å²) >= 11 is 0. The molecule has 1 aliphatic carbocycles. The molecule has 2 amide bonds.